The van der Waals surface area contributed by atoms with Gasteiger partial charge in [-0.05, 0) is 42.7 Å². The Hall–Kier alpha value is -1.90. The van der Waals surface area contributed by atoms with E-state index in [1.165, 1.54) is 6.42 Å². The molecule has 1 heterocycles. The number of nitrogens with zero attached hydrogens (tertiary/aromatic N) is 1. The number of benzene rings is 1. The van der Waals surface area contributed by atoms with Crippen LogP contribution >= 0.6 is 0 Å². The number of para-hydroxylation sites is 1. The van der Waals surface area contributed by atoms with Crippen molar-refractivity contribution in [1.29, 1.82) is 0 Å². The van der Waals surface area contributed by atoms with Gasteiger partial charge in [0.2, 0.25) is 0 Å². The van der Waals surface area contributed by atoms with Crippen LogP contribution in [0.2, 0.25) is 0 Å². The van der Waals surface area contributed by atoms with Gasteiger partial charge >= 0.3 is 5.97 Å². The Balaban J connectivity index is 1.78. The van der Waals surface area contributed by atoms with Gasteiger partial charge in [-0.15, -0.1) is 0 Å². The zero-order chi connectivity index (χ0) is 16.4. The SMILES string of the molecule is CC(C)[C@@H]1CC[C@@H](C)C[C@H]1OC(=O)c1ccc2ccccc2n1. The molecule has 3 heteroatoms. The first-order valence-corrected chi connectivity index (χ1v) is 8.61. The second-order valence-electron chi connectivity index (χ2n) is 7.16. The standard InChI is InChI=1S/C20H25NO2/c1-13(2)16-10-8-14(3)12-19(16)23-20(22)18-11-9-15-6-4-5-7-17(15)21-18/h4-7,9,11,13-14,16,19H,8,10,12H2,1-3H3/t14-,16+,19-/m1/s1. The average molecular weight is 311 g/mol. The van der Waals surface area contributed by atoms with Crippen LogP contribution < -0.4 is 0 Å². The van der Waals surface area contributed by atoms with Crippen molar-refractivity contribution in [3.63, 3.8) is 0 Å². The molecule has 1 aromatic carbocycles. The number of ether oxygens (including phenoxy) is 1. The molecule has 0 unspecified atom stereocenters. The minimum Gasteiger partial charge on any atom is -0.457 e. The summed E-state index contributed by atoms with van der Waals surface area (Å²) in [5.41, 5.74) is 1.24. The van der Waals surface area contributed by atoms with Gasteiger partial charge < -0.3 is 4.74 Å². The van der Waals surface area contributed by atoms with E-state index in [1.807, 2.05) is 30.3 Å². The lowest BCUT2D eigenvalue weighted by atomic mass is 9.75. The van der Waals surface area contributed by atoms with Gasteiger partial charge in [0.15, 0.2) is 0 Å². The van der Waals surface area contributed by atoms with E-state index < -0.39 is 0 Å². The molecule has 0 bridgehead atoms. The summed E-state index contributed by atoms with van der Waals surface area (Å²) in [6.07, 6.45) is 3.34. The first kappa shape index (κ1) is 16.0. The van der Waals surface area contributed by atoms with Gasteiger partial charge in [-0.3, -0.25) is 0 Å². The molecule has 0 aliphatic heterocycles. The molecule has 23 heavy (non-hydrogen) atoms. The molecule has 0 saturated heterocycles. The van der Waals surface area contributed by atoms with Crippen LogP contribution in [0.3, 0.4) is 0 Å². The number of hydrogen-bond acceptors (Lipinski definition) is 3. The van der Waals surface area contributed by atoms with Gasteiger partial charge in [-0.1, -0.05) is 51.5 Å². The summed E-state index contributed by atoms with van der Waals surface area (Å²) < 4.78 is 5.87. The van der Waals surface area contributed by atoms with Crippen molar-refractivity contribution in [2.24, 2.45) is 17.8 Å². The van der Waals surface area contributed by atoms with E-state index in [1.54, 1.807) is 6.07 Å². The van der Waals surface area contributed by atoms with E-state index >= 15 is 0 Å². The molecule has 1 aliphatic rings. The quantitative estimate of drug-likeness (QED) is 0.760. The van der Waals surface area contributed by atoms with E-state index in [-0.39, 0.29) is 12.1 Å². The number of aromatic nitrogens is 1. The van der Waals surface area contributed by atoms with Gasteiger partial charge in [0, 0.05) is 5.39 Å². The van der Waals surface area contributed by atoms with Gasteiger partial charge in [0.1, 0.15) is 11.8 Å². The first-order chi connectivity index (χ1) is 11.0. The summed E-state index contributed by atoms with van der Waals surface area (Å²) in [5, 5.41) is 1.04. The molecule has 122 valence electrons. The monoisotopic (exact) mass is 311 g/mol. The second kappa shape index (κ2) is 6.69. The van der Waals surface area contributed by atoms with E-state index in [2.05, 4.69) is 25.8 Å². The van der Waals surface area contributed by atoms with Crippen molar-refractivity contribution in [1.82, 2.24) is 4.98 Å². The zero-order valence-electron chi connectivity index (χ0n) is 14.2. The third-order valence-electron chi connectivity index (χ3n) is 5.03. The smallest absolute Gasteiger partial charge is 0.357 e. The van der Waals surface area contributed by atoms with Crippen molar-refractivity contribution in [2.75, 3.05) is 0 Å². The highest BCUT2D eigenvalue weighted by Gasteiger charge is 2.33. The zero-order valence-corrected chi connectivity index (χ0v) is 14.2. The molecular weight excluding hydrogens is 286 g/mol. The lowest BCUT2D eigenvalue weighted by molar-refractivity contribution is -0.0178. The average Bonchev–Trinajstić information content (AvgIpc) is 2.54. The lowest BCUT2D eigenvalue weighted by Crippen LogP contribution is -2.36. The van der Waals surface area contributed by atoms with Crippen LogP contribution in [-0.4, -0.2) is 17.1 Å². The summed E-state index contributed by atoms with van der Waals surface area (Å²) in [6, 6.07) is 11.5. The summed E-state index contributed by atoms with van der Waals surface area (Å²) in [6.45, 7) is 6.68. The predicted octanol–water partition coefficient (Wildman–Crippen LogP) is 4.85. The Morgan fingerprint density at radius 2 is 1.96 bits per heavy atom. The van der Waals surface area contributed by atoms with E-state index in [0.717, 1.165) is 23.7 Å². The molecule has 0 spiro atoms. The highest BCUT2D eigenvalue weighted by atomic mass is 16.5. The number of fused-ring (bicyclic) bond motifs is 1. The Morgan fingerprint density at radius 3 is 2.74 bits per heavy atom. The Bertz CT molecular complexity index is 695. The van der Waals surface area contributed by atoms with Crippen LogP contribution in [0.1, 0.15) is 50.5 Å². The van der Waals surface area contributed by atoms with Crippen molar-refractivity contribution >= 4 is 16.9 Å². The largest absolute Gasteiger partial charge is 0.457 e. The summed E-state index contributed by atoms with van der Waals surface area (Å²) in [7, 11) is 0. The lowest BCUT2D eigenvalue weighted by Gasteiger charge is -2.36. The molecular formula is C20H25NO2. The molecule has 1 saturated carbocycles. The summed E-state index contributed by atoms with van der Waals surface area (Å²) in [5.74, 6) is 1.31. The maximum atomic E-state index is 12.5. The van der Waals surface area contributed by atoms with Gasteiger partial charge in [0.05, 0.1) is 5.52 Å². The number of rotatable bonds is 3. The van der Waals surface area contributed by atoms with Crippen LogP contribution in [-0.2, 0) is 4.74 Å². The molecule has 3 atom stereocenters. The first-order valence-electron chi connectivity index (χ1n) is 8.61. The maximum absolute atomic E-state index is 12.5. The van der Waals surface area contributed by atoms with Crippen LogP contribution in [0.4, 0.5) is 0 Å². The predicted molar refractivity (Wildman–Crippen MR) is 92.3 cm³/mol. The minimum atomic E-state index is -0.291. The molecule has 3 nitrogen and oxygen atoms in total. The number of carbonyl (C=O) groups excluding carboxylic acids is 1. The van der Waals surface area contributed by atoms with Crippen LogP contribution in [0, 0.1) is 17.8 Å². The maximum Gasteiger partial charge on any atom is 0.357 e. The third-order valence-corrected chi connectivity index (χ3v) is 5.03. The van der Waals surface area contributed by atoms with Crippen molar-refractivity contribution in [3.05, 3.63) is 42.1 Å². The molecule has 0 radical (unpaired) electrons. The van der Waals surface area contributed by atoms with Gasteiger partial charge in [-0.2, -0.15) is 0 Å². The van der Waals surface area contributed by atoms with E-state index in [9.17, 15) is 4.79 Å². The number of pyridine rings is 1. The third kappa shape index (κ3) is 3.54. The van der Waals surface area contributed by atoms with Crippen LogP contribution in [0.25, 0.3) is 10.9 Å². The van der Waals surface area contributed by atoms with Gasteiger partial charge in [-0.25, -0.2) is 9.78 Å². The minimum absolute atomic E-state index is 0.0134. The fourth-order valence-corrected chi connectivity index (χ4v) is 3.63. The Morgan fingerprint density at radius 1 is 1.17 bits per heavy atom. The summed E-state index contributed by atoms with van der Waals surface area (Å²) >= 11 is 0. The van der Waals surface area contributed by atoms with Crippen molar-refractivity contribution in [2.45, 2.75) is 46.1 Å². The number of hydrogen-bond donors (Lipinski definition) is 0. The van der Waals surface area contributed by atoms with Crippen molar-refractivity contribution < 1.29 is 9.53 Å². The highest BCUT2D eigenvalue weighted by molar-refractivity contribution is 5.91. The molecule has 3 rings (SSSR count). The Labute approximate surface area is 138 Å². The molecule has 2 aromatic rings. The topological polar surface area (TPSA) is 39.2 Å². The fraction of sp³-hybridized carbons (Fsp3) is 0.500. The van der Waals surface area contributed by atoms with Crippen molar-refractivity contribution in [3.8, 4) is 0 Å². The fourth-order valence-electron chi connectivity index (χ4n) is 3.63. The van der Waals surface area contributed by atoms with Gasteiger partial charge in [0.25, 0.3) is 0 Å². The molecule has 0 amide bonds. The second-order valence-corrected chi connectivity index (χ2v) is 7.16. The van der Waals surface area contributed by atoms with Crippen LogP contribution in [0.5, 0.6) is 0 Å². The Kier molecular flexibility index (Phi) is 4.65. The number of esters is 1. The van der Waals surface area contributed by atoms with E-state index in [0.29, 0.717) is 23.4 Å². The molecule has 1 aromatic heterocycles. The molecule has 1 fully saturated rings. The molecule has 1 aliphatic carbocycles. The number of carbonyl (C=O) groups is 1. The molecule has 0 N–H and O–H groups in total. The van der Waals surface area contributed by atoms with Crippen LogP contribution in [0.15, 0.2) is 36.4 Å². The summed E-state index contributed by atoms with van der Waals surface area (Å²) in [4.78, 5) is 17.0. The van der Waals surface area contributed by atoms with E-state index in [4.69, 9.17) is 4.74 Å². The highest BCUT2D eigenvalue weighted by Crippen LogP contribution is 2.35. The normalized spacial score (nSPS) is 24.8.